The zero-order chi connectivity index (χ0) is 18.7. The molecule has 0 spiro atoms. The monoisotopic (exact) mass is 404 g/mol. The van der Waals surface area contributed by atoms with E-state index in [0.717, 1.165) is 0 Å². The van der Waals surface area contributed by atoms with E-state index in [2.05, 4.69) is 15.5 Å². The van der Waals surface area contributed by atoms with Crippen molar-refractivity contribution in [1.82, 2.24) is 10.4 Å². The van der Waals surface area contributed by atoms with Gasteiger partial charge >= 0.3 is 0 Å². The Morgan fingerprint density at radius 1 is 1.32 bits per heavy atom. The zero-order valence-electron chi connectivity index (χ0n) is 12.5. The lowest BCUT2D eigenvalue weighted by Crippen LogP contribution is -2.20. The molecule has 0 bridgehead atoms. The number of hydrogen-bond donors (Lipinski definition) is 4. The molecular formula is C14H11Cl3N4O4. The van der Waals surface area contributed by atoms with E-state index in [4.69, 9.17) is 45.3 Å². The van der Waals surface area contributed by atoms with E-state index in [1.165, 1.54) is 25.5 Å². The van der Waals surface area contributed by atoms with Crippen LogP contribution >= 0.6 is 34.8 Å². The third-order valence-electron chi connectivity index (χ3n) is 2.96. The molecule has 1 aromatic carbocycles. The van der Waals surface area contributed by atoms with E-state index in [9.17, 15) is 15.0 Å². The molecule has 2 rings (SSSR count). The number of amides is 1. The lowest BCUT2D eigenvalue weighted by Gasteiger charge is -2.08. The van der Waals surface area contributed by atoms with Crippen molar-refractivity contribution < 1.29 is 19.7 Å². The van der Waals surface area contributed by atoms with Gasteiger partial charge < -0.3 is 20.7 Å². The maximum atomic E-state index is 12.1. The fourth-order valence-electron chi connectivity index (χ4n) is 1.74. The van der Waals surface area contributed by atoms with Crippen LogP contribution < -0.4 is 15.9 Å². The lowest BCUT2D eigenvalue weighted by molar-refractivity contribution is 0.0950. The van der Waals surface area contributed by atoms with Gasteiger partial charge in [0.2, 0.25) is 5.75 Å². The van der Waals surface area contributed by atoms with Crippen LogP contribution in [-0.2, 0) is 0 Å². The number of carbonyl (C=O) groups excluding carboxylic acids is 1. The highest BCUT2D eigenvalue weighted by Crippen LogP contribution is 2.36. The largest absolute Gasteiger partial charge is 0.504 e. The Morgan fingerprint density at radius 3 is 2.64 bits per heavy atom. The smallest absolute Gasteiger partial charge is 0.291 e. The van der Waals surface area contributed by atoms with Crippen molar-refractivity contribution in [2.24, 2.45) is 5.10 Å². The van der Waals surface area contributed by atoms with Crippen molar-refractivity contribution in [3.05, 3.63) is 38.6 Å². The quantitative estimate of drug-likeness (QED) is 0.268. The fraction of sp³-hybridized carbons (Fsp3) is 0.0714. The summed E-state index contributed by atoms with van der Waals surface area (Å²) in [4.78, 5) is 15.8. The van der Waals surface area contributed by atoms with Gasteiger partial charge in [-0.2, -0.15) is 5.10 Å². The van der Waals surface area contributed by atoms with E-state index < -0.39 is 17.4 Å². The SMILES string of the molecule is COc1cc(/C=N/NC(=O)c2nc(Cl)c(Cl)c(N)c2Cl)cc(O)c1O. The predicted octanol–water partition coefficient (Wildman–Crippen LogP) is 2.81. The number of rotatable bonds is 4. The van der Waals surface area contributed by atoms with Crippen LogP contribution in [0.1, 0.15) is 16.1 Å². The van der Waals surface area contributed by atoms with Gasteiger partial charge in [-0.05, 0) is 12.1 Å². The Labute approximate surface area is 156 Å². The van der Waals surface area contributed by atoms with Gasteiger partial charge in [-0.15, -0.1) is 0 Å². The van der Waals surface area contributed by atoms with Crippen LogP contribution in [0.4, 0.5) is 5.69 Å². The molecule has 5 N–H and O–H groups in total. The molecule has 0 atom stereocenters. The highest BCUT2D eigenvalue weighted by atomic mass is 35.5. The molecule has 0 aliphatic carbocycles. The summed E-state index contributed by atoms with van der Waals surface area (Å²) in [6.07, 6.45) is 1.20. The summed E-state index contributed by atoms with van der Waals surface area (Å²) in [7, 11) is 1.32. The molecule has 25 heavy (non-hydrogen) atoms. The Bertz CT molecular complexity index is 874. The van der Waals surface area contributed by atoms with Crippen molar-refractivity contribution in [2.45, 2.75) is 0 Å². The number of aromatic hydroxyl groups is 2. The van der Waals surface area contributed by atoms with Crippen LogP contribution in [0.3, 0.4) is 0 Å². The number of halogens is 3. The van der Waals surface area contributed by atoms with Crippen LogP contribution in [0.5, 0.6) is 17.2 Å². The van der Waals surface area contributed by atoms with E-state index in [1.807, 2.05) is 0 Å². The number of phenolic OH excluding ortho intramolecular Hbond substituents is 2. The first-order chi connectivity index (χ1) is 11.8. The first-order valence-electron chi connectivity index (χ1n) is 6.49. The number of hydrogen-bond acceptors (Lipinski definition) is 7. The summed E-state index contributed by atoms with van der Waals surface area (Å²) in [5, 5.41) is 22.4. The molecule has 0 radical (unpaired) electrons. The molecule has 2 aromatic rings. The molecule has 0 saturated heterocycles. The Balaban J connectivity index is 2.21. The minimum Gasteiger partial charge on any atom is -0.504 e. The van der Waals surface area contributed by atoms with Gasteiger partial charge in [-0.25, -0.2) is 10.4 Å². The third kappa shape index (κ3) is 3.98. The molecule has 0 fully saturated rings. The zero-order valence-corrected chi connectivity index (χ0v) is 14.8. The summed E-state index contributed by atoms with van der Waals surface area (Å²) in [5.74, 6) is -1.56. The van der Waals surface area contributed by atoms with Gasteiger partial charge in [0.15, 0.2) is 22.3 Å². The van der Waals surface area contributed by atoms with Gasteiger partial charge in [0.25, 0.3) is 5.91 Å². The number of anilines is 1. The maximum absolute atomic E-state index is 12.1. The minimum absolute atomic E-state index is 0.0368. The first-order valence-corrected chi connectivity index (χ1v) is 7.63. The number of aromatic nitrogens is 1. The van der Waals surface area contributed by atoms with Crippen molar-refractivity contribution >= 4 is 52.6 Å². The number of nitrogens with one attached hydrogen (secondary N) is 1. The molecular weight excluding hydrogens is 395 g/mol. The van der Waals surface area contributed by atoms with Crippen LogP contribution in [0.2, 0.25) is 15.2 Å². The van der Waals surface area contributed by atoms with Crippen LogP contribution in [0.15, 0.2) is 17.2 Å². The molecule has 8 nitrogen and oxygen atoms in total. The number of hydrazone groups is 1. The lowest BCUT2D eigenvalue weighted by atomic mass is 10.2. The average molecular weight is 406 g/mol. The van der Waals surface area contributed by atoms with Gasteiger partial charge in [0.05, 0.1) is 24.0 Å². The highest BCUT2D eigenvalue weighted by molar-refractivity contribution is 6.46. The summed E-state index contributed by atoms with van der Waals surface area (Å²) < 4.78 is 4.89. The van der Waals surface area contributed by atoms with Gasteiger partial charge in [-0.1, -0.05) is 34.8 Å². The van der Waals surface area contributed by atoms with Crippen molar-refractivity contribution in [2.75, 3.05) is 12.8 Å². The molecule has 11 heteroatoms. The minimum atomic E-state index is -0.776. The van der Waals surface area contributed by atoms with E-state index >= 15 is 0 Å². The number of methoxy groups -OCH3 is 1. The van der Waals surface area contributed by atoms with E-state index in [-0.39, 0.29) is 32.3 Å². The van der Waals surface area contributed by atoms with Crippen molar-refractivity contribution in [3.63, 3.8) is 0 Å². The maximum Gasteiger partial charge on any atom is 0.291 e. The van der Waals surface area contributed by atoms with Crippen molar-refractivity contribution in [3.8, 4) is 17.2 Å². The number of carbonyl (C=O) groups is 1. The fourth-order valence-corrected chi connectivity index (χ4v) is 2.34. The number of nitrogens with two attached hydrogens (primary N) is 1. The average Bonchev–Trinajstić information content (AvgIpc) is 2.58. The molecule has 1 heterocycles. The molecule has 1 aromatic heterocycles. The number of ether oxygens (including phenoxy) is 1. The summed E-state index contributed by atoms with van der Waals surface area (Å²) >= 11 is 17.5. The third-order valence-corrected chi connectivity index (χ3v) is 4.10. The van der Waals surface area contributed by atoms with Crippen LogP contribution in [0, 0.1) is 0 Å². The van der Waals surface area contributed by atoms with E-state index in [0.29, 0.717) is 5.56 Å². The highest BCUT2D eigenvalue weighted by Gasteiger charge is 2.19. The van der Waals surface area contributed by atoms with Gasteiger partial charge in [0, 0.05) is 5.56 Å². The number of nitrogens with zero attached hydrogens (tertiary/aromatic N) is 2. The topological polar surface area (TPSA) is 130 Å². The molecule has 0 saturated carbocycles. The standard InChI is InChI=1S/C14H11Cl3N4O4/c1-25-7-3-5(2-6(22)12(7)23)4-19-21-14(24)11-8(15)10(18)9(16)13(17)20-11/h2-4,22-23H,1H3,(H2,18,20)(H,21,24)/b19-4+. The second-order valence-corrected chi connectivity index (χ2v) is 5.70. The molecule has 0 aliphatic rings. The molecule has 0 aliphatic heterocycles. The Hall–Kier alpha value is -2.42. The molecule has 1 amide bonds. The number of nitrogen functional groups attached to an aromatic ring is 1. The summed E-state index contributed by atoms with van der Waals surface area (Å²) in [6, 6.07) is 2.61. The normalized spacial score (nSPS) is 10.9. The number of benzene rings is 1. The van der Waals surface area contributed by atoms with E-state index in [1.54, 1.807) is 0 Å². The Morgan fingerprint density at radius 2 is 2.00 bits per heavy atom. The van der Waals surface area contributed by atoms with Crippen molar-refractivity contribution in [1.29, 1.82) is 0 Å². The Kier molecular flexibility index (Phi) is 5.78. The number of phenols is 2. The summed E-state index contributed by atoms with van der Waals surface area (Å²) in [5.41, 5.74) is 7.82. The predicted molar refractivity (Wildman–Crippen MR) is 95.1 cm³/mol. The molecule has 0 unspecified atom stereocenters. The van der Waals surface area contributed by atoms with Crippen LogP contribution in [0.25, 0.3) is 0 Å². The van der Waals surface area contributed by atoms with Gasteiger partial charge in [-0.3, -0.25) is 4.79 Å². The van der Waals surface area contributed by atoms with Crippen LogP contribution in [-0.4, -0.2) is 34.4 Å². The second-order valence-electron chi connectivity index (χ2n) is 4.58. The van der Waals surface area contributed by atoms with Gasteiger partial charge in [0.1, 0.15) is 5.02 Å². The second kappa shape index (κ2) is 7.64. The molecule has 132 valence electrons. The summed E-state index contributed by atoms with van der Waals surface area (Å²) in [6.45, 7) is 0. The first kappa shape index (κ1) is 18.9. The number of pyridine rings is 1.